The molecule has 0 bridgehead atoms. The second kappa shape index (κ2) is 8.75. The minimum Gasteiger partial charge on any atom is -0.493 e. The summed E-state index contributed by atoms with van der Waals surface area (Å²) in [7, 11) is 1.68. The first-order valence-corrected chi connectivity index (χ1v) is 7.76. The van der Waals surface area contributed by atoms with Gasteiger partial charge in [-0.1, -0.05) is 28.8 Å². The average Bonchev–Trinajstić information content (AvgIpc) is 2.91. The molecule has 1 aromatic carbocycles. The highest BCUT2D eigenvalue weighted by atomic mass is 79.9. The lowest BCUT2D eigenvalue weighted by atomic mass is 10.1. The lowest BCUT2D eigenvalue weighted by Crippen LogP contribution is -2.25. The first kappa shape index (κ1) is 17.6. The molecule has 3 nitrogen and oxygen atoms in total. The molecular formula is C15H23BrClNO2. The van der Waals surface area contributed by atoms with Gasteiger partial charge in [0.05, 0.1) is 13.7 Å². The third-order valence-corrected chi connectivity index (χ3v) is 4.00. The Bertz CT molecular complexity index is 423. The van der Waals surface area contributed by atoms with Crippen LogP contribution in [0.3, 0.4) is 0 Å². The smallest absolute Gasteiger partial charge is 0.165 e. The van der Waals surface area contributed by atoms with Crippen LogP contribution < -0.4 is 14.8 Å². The molecule has 0 atom stereocenters. The molecular weight excluding hydrogens is 342 g/mol. The third-order valence-electron chi connectivity index (χ3n) is 3.54. The summed E-state index contributed by atoms with van der Waals surface area (Å²) in [6.07, 6.45) is 5.26. The second-order valence-electron chi connectivity index (χ2n) is 4.89. The Kier molecular flexibility index (Phi) is 7.70. The van der Waals surface area contributed by atoms with Crippen LogP contribution in [0.5, 0.6) is 11.5 Å². The molecule has 0 radical (unpaired) electrons. The van der Waals surface area contributed by atoms with Crippen LogP contribution in [0, 0.1) is 0 Å². The van der Waals surface area contributed by atoms with Gasteiger partial charge in [0.25, 0.3) is 0 Å². The Labute approximate surface area is 136 Å². The highest BCUT2D eigenvalue weighted by molar-refractivity contribution is 9.10. The minimum atomic E-state index is 0. The van der Waals surface area contributed by atoms with Gasteiger partial charge in [-0.05, 0) is 31.9 Å². The number of ether oxygens (including phenoxy) is 2. The number of nitrogens with one attached hydrogen (secondary N) is 1. The Hall–Kier alpha value is -0.450. The van der Waals surface area contributed by atoms with Crippen LogP contribution >= 0.6 is 28.3 Å². The van der Waals surface area contributed by atoms with Crippen LogP contribution in [0.25, 0.3) is 0 Å². The van der Waals surface area contributed by atoms with Gasteiger partial charge in [0.15, 0.2) is 11.5 Å². The maximum absolute atomic E-state index is 5.74. The topological polar surface area (TPSA) is 30.5 Å². The monoisotopic (exact) mass is 363 g/mol. The molecule has 114 valence electrons. The Balaban J connectivity index is 0.00000200. The van der Waals surface area contributed by atoms with E-state index in [9.17, 15) is 0 Å². The summed E-state index contributed by atoms with van der Waals surface area (Å²) >= 11 is 3.53. The zero-order chi connectivity index (χ0) is 13.7. The standard InChI is InChI=1S/C15H22BrNO2.ClH/c1-3-19-15-11(8-12(16)9-14(15)18-2)10-17-13-6-4-5-7-13;/h8-9,13,17H,3-7,10H2,1-2H3;1H. The fourth-order valence-electron chi connectivity index (χ4n) is 2.60. The summed E-state index contributed by atoms with van der Waals surface area (Å²) in [5.41, 5.74) is 1.15. The molecule has 1 fully saturated rings. The van der Waals surface area contributed by atoms with Gasteiger partial charge in [0.1, 0.15) is 0 Å². The van der Waals surface area contributed by atoms with Crippen LogP contribution in [-0.4, -0.2) is 19.8 Å². The zero-order valence-electron chi connectivity index (χ0n) is 12.1. The highest BCUT2D eigenvalue weighted by Gasteiger charge is 2.17. The van der Waals surface area contributed by atoms with E-state index < -0.39 is 0 Å². The molecule has 0 amide bonds. The lowest BCUT2D eigenvalue weighted by molar-refractivity contribution is 0.306. The molecule has 0 unspecified atom stereocenters. The molecule has 1 aliphatic rings. The molecule has 2 rings (SSSR count). The van der Waals surface area contributed by atoms with Gasteiger partial charge >= 0.3 is 0 Å². The number of hydrogen-bond acceptors (Lipinski definition) is 3. The normalized spacial score (nSPS) is 14.9. The van der Waals surface area contributed by atoms with E-state index >= 15 is 0 Å². The van der Waals surface area contributed by atoms with E-state index in [4.69, 9.17) is 9.47 Å². The highest BCUT2D eigenvalue weighted by Crippen LogP contribution is 2.35. The lowest BCUT2D eigenvalue weighted by Gasteiger charge is -2.17. The van der Waals surface area contributed by atoms with Gasteiger partial charge in [0, 0.05) is 22.6 Å². The molecule has 0 saturated heterocycles. The Morgan fingerprint density at radius 2 is 2.00 bits per heavy atom. The first-order valence-electron chi connectivity index (χ1n) is 6.97. The summed E-state index contributed by atoms with van der Waals surface area (Å²) in [5, 5.41) is 3.62. The molecule has 0 aromatic heterocycles. The van der Waals surface area contributed by atoms with E-state index in [0.29, 0.717) is 12.6 Å². The van der Waals surface area contributed by atoms with Crippen molar-refractivity contribution < 1.29 is 9.47 Å². The molecule has 5 heteroatoms. The number of benzene rings is 1. The van der Waals surface area contributed by atoms with Crippen LogP contribution in [0.4, 0.5) is 0 Å². The van der Waals surface area contributed by atoms with Crippen molar-refractivity contribution in [3.8, 4) is 11.5 Å². The van der Waals surface area contributed by atoms with E-state index in [0.717, 1.165) is 28.1 Å². The van der Waals surface area contributed by atoms with Gasteiger partial charge in [0.2, 0.25) is 0 Å². The Morgan fingerprint density at radius 1 is 1.30 bits per heavy atom. The first-order chi connectivity index (χ1) is 9.24. The van der Waals surface area contributed by atoms with Crippen molar-refractivity contribution in [2.75, 3.05) is 13.7 Å². The van der Waals surface area contributed by atoms with Crippen molar-refractivity contribution in [2.45, 2.75) is 45.2 Å². The molecule has 1 aliphatic carbocycles. The van der Waals surface area contributed by atoms with Gasteiger partial charge in [-0.2, -0.15) is 0 Å². The number of hydrogen-bond donors (Lipinski definition) is 1. The average molecular weight is 365 g/mol. The molecule has 20 heavy (non-hydrogen) atoms. The molecule has 1 saturated carbocycles. The summed E-state index contributed by atoms with van der Waals surface area (Å²) < 4.78 is 12.2. The summed E-state index contributed by atoms with van der Waals surface area (Å²) in [4.78, 5) is 0. The number of methoxy groups -OCH3 is 1. The van der Waals surface area contributed by atoms with Gasteiger partial charge in [-0.3, -0.25) is 0 Å². The molecule has 0 aliphatic heterocycles. The van der Waals surface area contributed by atoms with E-state index in [-0.39, 0.29) is 12.4 Å². The van der Waals surface area contributed by atoms with Crippen molar-refractivity contribution in [2.24, 2.45) is 0 Å². The summed E-state index contributed by atoms with van der Waals surface area (Å²) in [6.45, 7) is 3.47. The fourth-order valence-corrected chi connectivity index (χ4v) is 3.08. The van der Waals surface area contributed by atoms with Crippen molar-refractivity contribution >= 4 is 28.3 Å². The largest absolute Gasteiger partial charge is 0.493 e. The number of rotatable bonds is 6. The zero-order valence-corrected chi connectivity index (χ0v) is 14.5. The van der Waals surface area contributed by atoms with Gasteiger partial charge in [-0.15, -0.1) is 12.4 Å². The van der Waals surface area contributed by atoms with Gasteiger partial charge < -0.3 is 14.8 Å². The predicted molar refractivity (Wildman–Crippen MR) is 88.2 cm³/mol. The van der Waals surface area contributed by atoms with E-state index in [1.807, 2.05) is 13.0 Å². The fraction of sp³-hybridized carbons (Fsp3) is 0.600. The van der Waals surface area contributed by atoms with E-state index in [2.05, 4.69) is 27.3 Å². The van der Waals surface area contributed by atoms with Crippen molar-refractivity contribution in [3.05, 3.63) is 22.2 Å². The quantitative estimate of drug-likeness (QED) is 0.816. The predicted octanol–water partition coefficient (Wildman–Crippen LogP) is 4.31. The van der Waals surface area contributed by atoms with E-state index in [1.165, 1.54) is 25.7 Å². The van der Waals surface area contributed by atoms with Crippen molar-refractivity contribution in [3.63, 3.8) is 0 Å². The molecule has 0 heterocycles. The van der Waals surface area contributed by atoms with Crippen LogP contribution in [0.2, 0.25) is 0 Å². The molecule has 1 N–H and O–H groups in total. The summed E-state index contributed by atoms with van der Waals surface area (Å²) in [6, 6.07) is 4.71. The SMILES string of the molecule is CCOc1c(CNC2CCCC2)cc(Br)cc1OC.Cl. The molecule has 0 spiro atoms. The van der Waals surface area contributed by atoms with Crippen molar-refractivity contribution in [1.29, 1.82) is 0 Å². The summed E-state index contributed by atoms with van der Waals surface area (Å²) in [5.74, 6) is 1.65. The van der Waals surface area contributed by atoms with Crippen molar-refractivity contribution in [1.82, 2.24) is 5.32 Å². The minimum absolute atomic E-state index is 0. The van der Waals surface area contributed by atoms with Crippen LogP contribution in [0.15, 0.2) is 16.6 Å². The third kappa shape index (κ3) is 4.54. The Morgan fingerprint density at radius 3 is 2.60 bits per heavy atom. The number of halogens is 2. The van der Waals surface area contributed by atoms with Gasteiger partial charge in [-0.25, -0.2) is 0 Å². The van der Waals surface area contributed by atoms with E-state index in [1.54, 1.807) is 7.11 Å². The van der Waals surface area contributed by atoms with Crippen LogP contribution in [0.1, 0.15) is 38.2 Å². The maximum atomic E-state index is 5.74. The second-order valence-corrected chi connectivity index (χ2v) is 5.81. The molecule has 1 aromatic rings. The maximum Gasteiger partial charge on any atom is 0.165 e. The van der Waals surface area contributed by atoms with Crippen LogP contribution in [-0.2, 0) is 6.54 Å².